The molecular formula is C28H31F2N3O5S. The molecule has 4 rings (SSSR count). The number of benzene rings is 2. The summed E-state index contributed by atoms with van der Waals surface area (Å²) in [5.41, 5.74) is 0.784. The number of hydrogen-bond donors (Lipinski definition) is 1. The van der Waals surface area contributed by atoms with Crippen molar-refractivity contribution in [3.05, 3.63) is 58.5 Å². The van der Waals surface area contributed by atoms with Gasteiger partial charge < -0.3 is 19.5 Å². The molecule has 0 saturated carbocycles. The van der Waals surface area contributed by atoms with Gasteiger partial charge in [-0.15, -0.1) is 11.3 Å². The molecule has 3 aromatic rings. The van der Waals surface area contributed by atoms with Crippen molar-refractivity contribution in [1.82, 2.24) is 9.88 Å². The molecule has 0 radical (unpaired) electrons. The zero-order valence-corrected chi connectivity index (χ0v) is 23.1. The number of halogens is 2. The van der Waals surface area contributed by atoms with Crippen LogP contribution in [0.1, 0.15) is 24.0 Å². The molecule has 1 heterocycles. The Morgan fingerprint density at radius 2 is 1.77 bits per heavy atom. The van der Waals surface area contributed by atoms with Gasteiger partial charge in [0, 0.05) is 30.6 Å². The van der Waals surface area contributed by atoms with Crippen molar-refractivity contribution in [3.8, 4) is 22.8 Å². The van der Waals surface area contributed by atoms with Crippen LogP contribution in [-0.4, -0.2) is 68.3 Å². The number of methoxy groups -OCH3 is 1. The number of hydrogen-bond acceptors (Lipinski definition) is 7. The van der Waals surface area contributed by atoms with E-state index in [1.807, 2.05) is 26.2 Å². The van der Waals surface area contributed by atoms with E-state index in [2.05, 4.69) is 9.88 Å². The quantitative estimate of drug-likeness (QED) is 0.342. The number of fused-ring (bicyclic) bond motifs is 1. The number of anilines is 1. The van der Waals surface area contributed by atoms with E-state index >= 15 is 0 Å². The third-order valence-corrected chi connectivity index (χ3v) is 7.71. The molecule has 8 nitrogen and oxygen atoms in total. The standard InChI is InChI=1S/C28H31F2N3O5S/c1-32(2)8-5-9-38-19-6-7-20(24(12-19)37-4)23-16-39-27(31-23)33(3)26(36)28(15-25(34)35)13-17-10-21(29)22(30)11-18(17)14-28/h6-7,10-12,16H,5,8-9,13-15H2,1-4H3,(H,34,35). The molecule has 1 aliphatic carbocycles. The van der Waals surface area contributed by atoms with Gasteiger partial charge in [0.05, 0.1) is 31.2 Å². The van der Waals surface area contributed by atoms with E-state index in [-0.39, 0.29) is 12.8 Å². The zero-order chi connectivity index (χ0) is 28.3. The number of carbonyl (C=O) groups is 2. The van der Waals surface area contributed by atoms with Crippen molar-refractivity contribution < 1.29 is 33.0 Å². The second-order valence-electron chi connectivity index (χ2n) is 9.99. The first-order valence-electron chi connectivity index (χ1n) is 12.4. The van der Waals surface area contributed by atoms with E-state index in [0.29, 0.717) is 45.6 Å². The van der Waals surface area contributed by atoms with Gasteiger partial charge in [-0.1, -0.05) is 0 Å². The van der Waals surface area contributed by atoms with Gasteiger partial charge in [-0.25, -0.2) is 13.8 Å². The lowest BCUT2D eigenvalue weighted by atomic mass is 9.80. The molecule has 0 aliphatic heterocycles. The molecule has 0 unspecified atom stereocenters. The maximum Gasteiger partial charge on any atom is 0.304 e. The van der Waals surface area contributed by atoms with Gasteiger partial charge in [0.15, 0.2) is 16.8 Å². The van der Waals surface area contributed by atoms with Crippen molar-refractivity contribution in [2.45, 2.75) is 25.7 Å². The number of aliphatic carboxylic acids is 1. The number of thiazole rings is 1. The highest BCUT2D eigenvalue weighted by molar-refractivity contribution is 7.14. The first-order valence-corrected chi connectivity index (χ1v) is 13.3. The summed E-state index contributed by atoms with van der Waals surface area (Å²) in [6.07, 6.45) is 0.398. The number of nitrogens with zero attached hydrogens (tertiary/aromatic N) is 3. The SMILES string of the molecule is COc1cc(OCCCN(C)C)ccc1-c1csc(N(C)C(=O)C2(CC(=O)O)Cc3cc(F)c(F)cc3C2)n1. The lowest BCUT2D eigenvalue weighted by Gasteiger charge is -2.30. The van der Waals surface area contributed by atoms with Gasteiger partial charge in [-0.3, -0.25) is 14.5 Å². The van der Waals surface area contributed by atoms with Crippen LogP contribution in [0.2, 0.25) is 0 Å². The van der Waals surface area contributed by atoms with Gasteiger partial charge in [-0.2, -0.15) is 0 Å². The number of carboxylic acids is 1. The molecule has 1 aromatic heterocycles. The highest BCUT2D eigenvalue weighted by Gasteiger charge is 2.48. The molecular weight excluding hydrogens is 528 g/mol. The van der Waals surface area contributed by atoms with Crippen LogP contribution in [0.5, 0.6) is 11.5 Å². The van der Waals surface area contributed by atoms with Crippen molar-refractivity contribution >= 4 is 28.3 Å². The molecule has 1 N–H and O–H groups in total. The first-order chi connectivity index (χ1) is 18.5. The van der Waals surface area contributed by atoms with Crippen LogP contribution in [0.15, 0.2) is 35.7 Å². The predicted octanol–water partition coefficient (Wildman–Crippen LogP) is 4.65. The highest BCUT2D eigenvalue weighted by Crippen LogP contribution is 2.43. The van der Waals surface area contributed by atoms with Gasteiger partial charge >= 0.3 is 5.97 Å². The molecule has 0 fully saturated rings. The molecule has 0 atom stereocenters. The fraction of sp³-hybridized carbons (Fsp3) is 0.393. The Hall–Kier alpha value is -3.57. The number of amides is 1. The summed E-state index contributed by atoms with van der Waals surface area (Å²) >= 11 is 1.22. The molecule has 1 aliphatic rings. The summed E-state index contributed by atoms with van der Waals surface area (Å²) in [6.45, 7) is 1.48. The smallest absolute Gasteiger partial charge is 0.304 e. The third-order valence-electron chi connectivity index (χ3n) is 6.79. The van der Waals surface area contributed by atoms with Gasteiger partial charge in [0.1, 0.15) is 11.5 Å². The number of carboxylic acid groups (broad SMARTS) is 1. The number of carbonyl (C=O) groups excluding carboxylic acids is 1. The molecule has 2 aromatic carbocycles. The highest BCUT2D eigenvalue weighted by atomic mass is 32.1. The van der Waals surface area contributed by atoms with E-state index < -0.39 is 35.3 Å². The fourth-order valence-electron chi connectivity index (χ4n) is 4.92. The molecule has 0 saturated heterocycles. The van der Waals surface area contributed by atoms with Crippen LogP contribution in [0, 0.1) is 17.0 Å². The molecule has 208 valence electrons. The predicted molar refractivity (Wildman–Crippen MR) is 145 cm³/mol. The number of ether oxygens (including phenoxy) is 2. The van der Waals surface area contributed by atoms with Crippen LogP contribution < -0.4 is 14.4 Å². The number of aromatic nitrogens is 1. The minimum absolute atomic E-state index is 0.00291. The summed E-state index contributed by atoms with van der Waals surface area (Å²) in [7, 11) is 7.09. The summed E-state index contributed by atoms with van der Waals surface area (Å²) in [5, 5.41) is 11.7. The van der Waals surface area contributed by atoms with E-state index in [1.165, 1.54) is 23.3 Å². The molecule has 0 spiro atoms. The number of rotatable bonds is 11. The Bertz CT molecular complexity index is 1350. The van der Waals surface area contributed by atoms with E-state index in [0.717, 1.165) is 25.1 Å². The van der Waals surface area contributed by atoms with Crippen LogP contribution in [0.25, 0.3) is 11.3 Å². The Morgan fingerprint density at radius 3 is 2.36 bits per heavy atom. The molecule has 0 bridgehead atoms. The van der Waals surface area contributed by atoms with Gasteiger partial charge in [-0.05, 0) is 68.8 Å². The molecule has 11 heteroatoms. The normalized spacial score (nSPS) is 13.8. The van der Waals surface area contributed by atoms with Crippen LogP contribution in [-0.2, 0) is 22.4 Å². The lowest BCUT2D eigenvalue weighted by molar-refractivity contribution is -0.144. The minimum atomic E-state index is -1.38. The largest absolute Gasteiger partial charge is 0.496 e. The summed E-state index contributed by atoms with van der Waals surface area (Å²) in [6, 6.07) is 7.55. The second kappa shape index (κ2) is 11.7. The van der Waals surface area contributed by atoms with Crippen molar-refractivity contribution in [1.29, 1.82) is 0 Å². The Balaban J connectivity index is 1.54. The fourth-order valence-corrected chi connectivity index (χ4v) is 5.71. The molecule has 1 amide bonds. The monoisotopic (exact) mass is 559 g/mol. The van der Waals surface area contributed by atoms with Crippen LogP contribution in [0.3, 0.4) is 0 Å². The maximum atomic E-state index is 13.9. The Morgan fingerprint density at radius 1 is 1.10 bits per heavy atom. The Kier molecular flexibility index (Phi) is 8.51. The summed E-state index contributed by atoms with van der Waals surface area (Å²) in [4.78, 5) is 33.5. The molecule has 39 heavy (non-hydrogen) atoms. The average molecular weight is 560 g/mol. The van der Waals surface area contributed by atoms with Crippen LogP contribution >= 0.6 is 11.3 Å². The van der Waals surface area contributed by atoms with E-state index in [1.54, 1.807) is 18.6 Å². The Labute approximate surface area is 229 Å². The zero-order valence-electron chi connectivity index (χ0n) is 22.3. The lowest BCUT2D eigenvalue weighted by Crippen LogP contribution is -2.44. The van der Waals surface area contributed by atoms with E-state index in [9.17, 15) is 23.5 Å². The first kappa shape index (κ1) is 28.4. The summed E-state index contributed by atoms with van der Waals surface area (Å²) < 4.78 is 39.1. The van der Waals surface area contributed by atoms with Gasteiger partial charge in [0.25, 0.3) is 0 Å². The van der Waals surface area contributed by atoms with Crippen molar-refractivity contribution in [2.75, 3.05) is 46.3 Å². The summed E-state index contributed by atoms with van der Waals surface area (Å²) in [5.74, 6) is -2.46. The minimum Gasteiger partial charge on any atom is -0.496 e. The van der Waals surface area contributed by atoms with Gasteiger partial charge in [0.2, 0.25) is 5.91 Å². The van der Waals surface area contributed by atoms with Crippen LogP contribution in [0.4, 0.5) is 13.9 Å². The van der Waals surface area contributed by atoms with Crippen molar-refractivity contribution in [3.63, 3.8) is 0 Å². The maximum absolute atomic E-state index is 13.9. The second-order valence-corrected chi connectivity index (χ2v) is 10.8. The van der Waals surface area contributed by atoms with Crippen molar-refractivity contribution in [2.24, 2.45) is 5.41 Å². The third kappa shape index (κ3) is 6.20. The average Bonchev–Trinajstić information content (AvgIpc) is 3.51. The topological polar surface area (TPSA) is 92.2 Å². The van der Waals surface area contributed by atoms with E-state index in [4.69, 9.17) is 9.47 Å².